The Bertz CT molecular complexity index is 1290. The van der Waals surface area contributed by atoms with E-state index >= 15 is 0 Å². The molecule has 0 unspecified atom stereocenters. The third-order valence-corrected chi connectivity index (χ3v) is 5.36. The van der Waals surface area contributed by atoms with Crippen molar-refractivity contribution < 1.29 is 23.5 Å². The van der Waals surface area contributed by atoms with E-state index in [0.717, 1.165) is 10.5 Å². The van der Waals surface area contributed by atoms with Gasteiger partial charge in [0.25, 0.3) is 11.8 Å². The second-order valence-electron chi connectivity index (χ2n) is 7.31. The Hall–Kier alpha value is -3.97. The third kappa shape index (κ3) is 4.78. The van der Waals surface area contributed by atoms with Gasteiger partial charge in [-0.15, -0.1) is 0 Å². The number of ether oxygens (including phenoxy) is 1. The molecule has 1 heterocycles. The Morgan fingerprint density at radius 2 is 1.79 bits per heavy atom. The lowest BCUT2D eigenvalue weighted by Crippen LogP contribution is -2.54. The number of halogens is 2. The van der Waals surface area contributed by atoms with Crippen molar-refractivity contribution in [2.45, 2.75) is 6.42 Å². The van der Waals surface area contributed by atoms with Gasteiger partial charge in [-0.05, 0) is 77.7 Å². The number of anilines is 1. The maximum absolute atomic E-state index is 13.6. The number of barbiturate groups is 1. The first-order valence-corrected chi connectivity index (χ1v) is 10.3. The number of carbonyl (C=O) groups excluding carboxylic acids is 3. The van der Waals surface area contributed by atoms with Crippen LogP contribution >= 0.6 is 11.6 Å². The first-order valence-electron chi connectivity index (χ1n) is 9.94. The van der Waals surface area contributed by atoms with Gasteiger partial charge in [-0.3, -0.25) is 14.9 Å². The van der Waals surface area contributed by atoms with Crippen LogP contribution in [-0.4, -0.2) is 25.0 Å². The van der Waals surface area contributed by atoms with Crippen molar-refractivity contribution in [3.63, 3.8) is 0 Å². The molecule has 8 heteroatoms. The van der Waals surface area contributed by atoms with Gasteiger partial charge in [0.1, 0.15) is 17.1 Å². The summed E-state index contributed by atoms with van der Waals surface area (Å²) in [5, 5.41) is 2.59. The molecule has 1 aliphatic heterocycles. The Morgan fingerprint density at radius 1 is 1.03 bits per heavy atom. The number of nitrogens with one attached hydrogen (secondary N) is 1. The minimum absolute atomic E-state index is 0.229. The van der Waals surface area contributed by atoms with E-state index in [9.17, 15) is 18.8 Å². The molecule has 166 valence electrons. The fourth-order valence-corrected chi connectivity index (χ4v) is 3.69. The van der Waals surface area contributed by atoms with E-state index in [0.29, 0.717) is 28.3 Å². The van der Waals surface area contributed by atoms with Crippen molar-refractivity contribution in [1.82, 2.24) is 5.32 Å². The number of hydrogen-bond donors (Lipinski definition) is 1. The zero-order valence-electron chi connectivity index (χ0n) is 17.5. The summed E-state index contributed by atoms with van der Waals surface area (Å²) in [6.07, 6.45) is 1.74. The molecule has 0 aromatic heterocycles. The largest absolute Gasteiger partial charge is 0.497 e. The first-order chi connectivity index (χ1) is 15.9. The van der Waals surface area contributed by atoms with E-state index in [4.69, 9.17) is 16.3 Å². The predicted octanol–water partition coefficient (Wildman–Crippen LogP) is 4.74. The molecule has 1 fully saturated rings. The number of methoxy groups -OCH3 is 1. The molecule has 6 nitrogen and oxygen atoms in total. The number of urea groups is 1. The molecule has 1 saturated heterocycles. The molecular formula is C25H18ClFN2O4. The number of carbonyl (C=O) groups is 3. The third-order valence-electron chi connectivity index (χ3n) is 5.12. The normalized spacial score (nSPS) is 15.1. The highest BCUT2D eigenvalue weighted by Crippen LogP contribution is 2.26. The summed E-state index contributed by atoms with van der Waals surface area (Å²) in [5.41, 5.74) is 2.00. The van der Waals surface area contributed by atoms with Gasteiger partial charge in [0.2, 0.25) is 0 Å². The van der Waals surface area contributed by atoms with Crippen LogP contribution < -0.4 is 15.0 Å². The van der Waals surface area contributed by atoms with Gasteiger partial charge in [0, 0.05) is 5.02 Å². The molecule has 0 atom stereocenters. The molecule has 4 amide bonds. The summed E-state index contributed by atoms with van der Waals surface area (Å²) >= 11 is 6.16. The van der Waals surface area contributed by atoms with Crippen LogP contribution in [0.3, 0.4) is 0 Å². The lowest BCUT2D eigenvalue weighted by Gasteiger charge is -2.26. The van der Waals surface area contributed by atoms with Gasteiger partial charge in [-0.1, -0.05) is 29.8 Å². The van der Waals surface area contributed by atoms with Crippen molar-refractivity contribution in [3.05, 3.63) is 99.8 Å². The van der Waals surface area contributed by atoms with Crippen LogP contribution in [0.5, 0.6) is 5.75 Å². The minimum atomic E-state index is -0.849. The standard InChI is InChI=1S/C25H18ClFN2O4/c1-33-21-9-7-20(8-10-21)29-24(31)22(23(30)28-25(29)32)14-17-13-18(26)6-5-16(17)11-15-3-2-4-19(27)12-15/h2-10,12-14H,11H2,1H3,(H,28,30,32)/b22-14+. The van der Waals surface area contributed by atoms with Gasteiger partial charge in [-0.25, -0.2) is 14.1 Å². The van der Waals surface area contributed by atoms with Crippen LogP contribution in [0, 0.1) is 5.82 Å². The SMILES string of the molecule is COc1ccc(N2C(=O)NC(=O)/C(=C\c3cc(Cl)ccc3Cc3cccc(F)c3)C2=O)cc1. The topological polar surface area (TPSA) is 75.7 Å². The van der Waals surface area contributed by atoms with Gasteiger partial charge >= 0.3 is 6.03 Å². The van der Waals surface area contributed by atoms with Crippen molar-refractivity contribution in [3.8, 4) is 5.75 Å². The molecule has 3 aromatic rings. The Morgan fingerprint density at radius 3 is 2.48 bits per heavy atom. The molecule has 4 rings (SSSR count). The number of benzene rings is 3. The second kappa shape index (κ2) is 9.26. The van der Waals surface area contributed by atoms with Gasteiger partial charge < -0.3 is 4.74 Å². The molecular weight excluding hydrogens is 447 g/mol. The lowest BCUT2D eigenvalue weighted by molar-refractivity contribution is -0.122. The number of imide groups is 2. The second-order valence-corrected chi connectivity index (χ2v) is 7.74. The Balaban J connectivity index is 1.72. The highest BCUT2D eigenvalue weighted by Gasteiger charge is 2.37. The maximum Gasteiger partial charge on any atom is 0.335 e. The van der Waals surface area contributed by atoms with Gasteiger partial charge in [-0.2, -0.15) is 0 Å². The van der Waals surface area contributed by atoms with Crippen molar-refractivity contribution >= 4 is 41.2 Å². The Labute approximate surface area is 194 Å². The Kier molecular flexibility index (Phi) is 6.24. The summed E-state index contributed by atoms with van der Waals surface area (Å²) in [7, 11) is 1.50. The zero-order chi connectivity index (χ0) is 23.5. The average Bonchev–Trinajstić information content (AvgIpc) is 2.78. The monoisotopic (exact) mass is 464 g/mol. The summed E-state index contributed by atoms with van der Waals surface area (Å²) in [6, 6.07) is 16.6. The van der Waals surface area contributed by atoms with Crippen LogP contribution in [-0.2, 0) is 16.0 Å². The fraction of sp³-hybridized carbons (Fsp3) is 0.0800. The lowest BCUT2D eigenvalue weighted by atomic mass is 9.97. The highest BCUT2D eigenvalue weighted by molar-refractivity contribution is 6.39. The van der Waals surface area contributed by atoms with Gasteiger partial charge in [0.05, 0.1) is 12.8 Å². The summed E-state index contributed by atoms with van der Waals surface area (Å²) in [4.78, 5) is 39.0. The van der Waals surface area contributed by atoms with Crippen molar-refractivity contribution in [2.75, 3.05) is 12.0 Å². The van der Waals surface area contributed by atoms with E-state index in [2.05, 4.69) is 5.32 Å². The number of amides is 4. The van der Waals surface area contributed by atoms with Crippen LogP contribution in [0.15, 0.2) is 72.3 Å². The van der Waals surface area contributed by atoms with E-state index in [-0.39, 0.29) is 17.1 Å². The predicted molar refractivity (Wildman–Crippen MR) is 123 cm³/mol. The molecule has 1 N–H and O–H groups in total. The number of hydrogen-bond acceptors (Lipinski definition) is 4. The fourth-order valence-electron chi connectivity index (χ4n) is 3.51. The molecule has 0 spiro atoms. The van der Waals surface area contributed by atoms with Crippen LogP contribution in [0.2, 0.25) is 5.02 Å². The number of nitrogens with zero attached hydrogens (tertiary/aromatic N) is 1. The van der Waals surface area contributed by atoms with E-state index in [1.807, 2.05) is 0 Å². The minimum Gasteiger partial charge on any atom is -0.497 e. The summed E-state index contributed by atoms with van der Waals surface area (Å²) < 4.78 is 18.7. The van der Waals surface area contributed by atoms with E-state index < -0.39 is 17.8 Å². The summed E-state index contributed by atoms with van der Waals surface area (Å²) in [6.45, 7) is 0. The van der Waals surface area contributed by atoms with E-state index in [1.165, 1.54) is 25.3 Å². The smallest absolute Gasteiger partial charge is 0.335 e. The molecule has 33 heavy (non-hydrogen) atoms. The molecule has 0 radical (unpaired) electrons. The van der Waals surface area contributed by atoms with E-state index in [1.54, 1.807) is 54.6 Å². The molecule has 3 aromatic carbocycles. The zero-order valence-corrected chi connectivity index (χ0v) is 18.2. The maximum atomic E-state index is 13.6. The molecule has 0 aliphatic carbocycles. The van der Waals surface area contributed by atoms with Crippen molar-refractivity contribution in [1.29, 1.82) is 0 Å². The molecule has 0 saturated carbocycles. The van der Waals surface area contributed by atoms with Gasteiger partial charge in [0.15, 0.2) is 0 Å². The average molecular weight is 465 g/mol. The van der Waals surface area contributed by atoms with Crippen LogP contribution in [0.1, 0.15) is 16.7 Å². The summed E-state index contributed by atoms with van der Waals surface area (Å²) in [5.74, 6) is -1.40. The number of rotatable bonds is 5. The van der Waals surface area contributed by atoms with Crippen LogP contribution in [0.25, 0.3) is 6.08 Å². The molecule has 0 bridgehead atoms. The quantitative estimate of drug-likeness (QED) is 0.437. The van der Waals surface area contributed by atoms with Crippen LogP contribution in [0.4, 0.5) is 14.9 Å². The van der Waals surface area contributed by atoms with Crippen molar-refractivity contribution in [2.24, 2.45) is 0 Å². The molecule has 1 aliphatic rings. The first kappa shape index (κ1) is 22.2. The highest BCUT2D eigenvalue weighted by atomic mass is 35.5.